The van der Waals surface area contributed by atoms with Gasteiger partial charge >= 0.3 is 6.01 Å². The molecule has 1 amide bonds. The molecule has 0 unspecified atom stereocenters. The van der Waals surface area contributed by atoms with Crippen LogP contribution in [0.5, 0.6) is 11.5 Å². The molecule has 1 aliphatic heterocycles. The molecular weight excluding hydrogens is 460 g/mol. The van der Waals surface area contributed by atoms with Crippen LogP contribution in [-0.4, -0.2) is 48.5 Å². The lowest BCUT2D eigenvalue weighted by atomic mass is 10.2. The fourth-order valence-electron chi connectivity index (χ4n) is 3.44. The van der Waals surface area contributed by atoms with E-state index in [0.717, 1.165) is 12.8 Å². The number of carbonyl (C=O) groups excluding carboxylic acids is 1. The van der Waals surface area contributed by atoms with Crippen molar-refractivity contribution in [1.82, 2.24) is 14.5 Å². The number of amides is 1. The summed E-state index contributed by atoms with van der Waals surface area (Å²) in [6.45, 7) is 4.84. The minimum absolute atomic E-state index is 0.101. The van der Waals surface area contributed by atoms with E-state index in [4.69, 9.17) is 13.9 Å². The minimum atomic E-state index is -3.62. The van der Waals surface area contributed by atoms with Gasteiger partial charge in [0.15, 0.2) is 11.5 Å². The van der Waals surface area contributed by atoms with Crippen molar-refractivity contribution >= 4 is 21.9 Å². The van der Waals surface area contributed by atoms with E-state index in [1.54, 1.807) is 19.1 Å². The van der Waals surface area contributed by atoms with Crippen molar-refractivity contribution in [3.8, 4) is 11.5 Å². The van der Waals surface area contributed by atoms with Crippen LogP contribution in [0.2, 0.25) is 0 Å². The number of unbranched alkanes of at least 4 members (excludes halogenated alkanes) is 1. The van der Waals surface area contributed by atoms with Crippen molar-refractivity contribution < 1.29 is 27.1 Å². The predicted octanol–water partition coefficient (Wildman–Crippen LogP) is 3.65. The van der Waals surface area contributed by atoms with Crippen LogP contribution in [0.3, 0.4) is 0 Å². The highest BCUT2D eigenvalue weighted by Crippen LogP contribution is 2.35. The molecule has 0 spiro atoms. The number of sulfonamides is 1. The van der Waals surface area contributed by atoms with Crippen LogP contribution in [-0.2, 0) is 10.0 Å². The summed E-state index contributed by atoms with van der Waals surface area (Å²) in [5, 5.41) is 10.3. The summed E-state index contributed by atoms with van der Waals surface area (Å²) < 4.78 is 44.1. The lowest BCUT2D eigenvalue weighted by molar-refractivity contribution is 0.0716. The average Bonchev–Trinajstić information content (AvgIpc) is 3.32. The molecule has 10 nitrogen and oxygen atoms in total. The van der Waals surface area contributed by atoms with E-state index in [2.05, 4.69) is 15.5 Å². The third-order valence-electron chi connectivity index (χ3n) is 5.31. The Morgan fingerprint density at radius 2 is 1.82 bits per heavy atom. The standard InChI is InChI=1S/C23H26N4O6S/c1-3-5-14-27(4-2)34(29,30)17-12-10-16(11-13-17)21(28)24-23-26-25-22(33-23)20-15-31-18-8-6-7-9-19(18)32-20/h6-13,20H,3-5,14-15H2,1-2H3,(H,24,26,28)/t20-/m1/s1. The zero-order valence-corrected chi connectivity index (χ0v) is 19.7. The number of rotatable bonds is 9. The van der Waals surface area contributed by atoms with Crippen LogP contribution in [0.25, 0.3) is 0 Å². The van der Waals surface area contributed by atoms with Crippen molar-refractivity contribution in [2.24, 2.45) is 0 Å². The molecule has 0 radical (unpaired) electrons. The van der Waals surface area contributed by atoms with Crippen LogP contribution in [0.15, 0.2) is 57.8 Å². The van der Waals surface area contributed by atoms with Gasteiger partial charge in [-0.05, 0) is 42.8 Å². The van der Waals surface area contributed by atoms with Gasteiger partial charge in [-0.15, -0.1) is 5.10 Å². The highest BCUT2D eigenvalue weighted by atomic mass is 32.2. The van der Waals surface area contributed by atoms with Gasteiger partial charge in [0, 0.05) is 18.7 Å². The molecular formula is C23H26N4O6S. The Morgan fingerprint density at radius 3 is 2.53 bits per heavy atom. The Kier molecular flexibility index (Phi) is 7.13. The Bertz CT molecular complexity index is 1240. The fraction of sp³-hybridized carbons (Fsp3) is 0.348. The van der Waals surface area contributed by atoms with E-state index in [1.807, 2.05) is 19.1 Å². The number of anilines is 1. The number of para-hydroxylation sites is 2. The maximum absolute atomic E-state index is 12.8. The number of fused-ring (bicyclic) bond motifs is 1. The number of benzene rings is 2. The number of hydrogen-bond donors (Lipinski definition) is 1. The van der Waals surface area contributed by atoms with Crippen LogP contribution in [0, 0.1) is 0 Å². The van der Waals surface area contributed by atoms with Crippen LogP contribution < -0.4 is 14.8 Å². The molecule has 0 saturated carbocycles. The van der Waals surface area contributed by atoms with Crippen molar-refractivity contribution in [3.05, 3.63) is 60.0 Å². The maximum atomic E-state index is 12.8. The third kappa shape index (κ3) is 5.05. The molecule has 1 atom stereocenters. The molecule has 2 aromatic carbocycles. The van der Waals surface area contributed by atoms with Crippen LogP contribution >= 0.6 is 0 Å². The normalized spacial score (nSPS) is 15.3. The predicted molar refractivity (Wildman–Crippen MR) is 123 cm³/mol. The number of aromatic nitrogens is 2. The highest BCUT2D eigenvalue weighted by molar-refractivity contribution is 7.89. The number of nitrogens with one attached hydrogen (secondary N) is 1. The van der Waals surface area contributed by atoms with Gasteiger partial charge in [0.25, 0.3) is 11.8 Å². The van der Waals surface area contributed by atoms with Crippen molar-refractivity contribution in [1.29, 1.82) is 0 Å². The molecule has 180 valence electrons. The molecule has 34 heavy (non-hydrogen) atoms. The van der Waals surface area contributed by atoms with Gasteiger partial charge in [-0.1, -0.05) is 37.5 Å². The van der Waals surface area contributed by atoms with E-state index >= 15 is 0 Å². The molecule has 2 heterocycles. The number of hydrogen-bond acceptors (Lipinski definition) is 8. The third-order valence-corrected chi connectivity index (χ3v) is 7.30. The zero-order valence-electron chi connectivity index (χ0n) is 18.9. The second-order valence-electron chi connectivity index (χ2n) is 7.64. The highest BCUT2D eigenvalue weighted by Gasteiger charge is 2.28. The number of ether oxygens (including phenoxy) is 2. The minimum Gasteiger partial charge on any atom is -0.485 e. The number of carbonyl (C=O) groups is 1. The first-order valence-electron chi connectivity index (χ1n) is 11.1. The van der Waals surface area contributed by atoms with Gasteiger partial charge in [0.05, 0.1) is 4.90 Å². The van der Waals surface area contributed by atoms with Gasteiger partial charge in [-0.3, -0.25) is 10.1 Å². The second kappa shape index (κ2) is 10.2. The van der Waals surface area contributed by atoms with E-state index in [0.29, 0.717) is 24.6 Å². The average molecular weight is 487 g/mol. The summed E-state index contributed by atoms with van der Waals surface area (Å²) in [4.78, 5) is 12.7. The van der Waals surface area contributed by atoms with Gasteiger partial charge in [-0.25, -0.2) is 8.42 Å². The van der Waals surface area contributed by atoms with Crippen LogP contribution in [0.1, 0.15) is 49.0 Å². The summed E-state index contributed by atoms with van der Waals surface area (Å²) in [6, 6.07) is 12.9. The van der Waals surface area contributed by atoms with Gasteiger partial charge in [-0.2, -0.15) is 4.31 Å². The molecule has 0 fully saturated rings. The molecule has 4 rings (SSSR count). The van der Waals surface area contributed by atoms with Gasteiger partial charge < -0.3 is 13.9 Å². The molecule has 1 aliphatic rings. The fourth-order valence-corrected chi connectivity index (χ4v) is 4.92. The van der Waals surface area contributed by atoms with E-state index in [-0.39, 0.29) is 29.0 Å². The van der Waals surface area contributed by atoms with E-state index < -0.39 is 22.0 Å². The quantitative estimate of drug-likeness (QED) is 0.486. The monoisotopic (exact) mass is 486 g/mol. The first-order valence-corrected chi connectivity index (χ1v) is 12.5. The lowest BCUT2D eigenvalue weighted by Crippen LogP contribution is -2.31. The second-order valence-corrected chi connectivity index (χ2v) is 9.58. The summed E-state index contributed by atoms with van der Waals surface area (Å²) in [5.41, 5.74) is 0.251. The molecule has 11 heteroatoms. The van der Waals surface area contributed by atoms with E-state index in [9.17, 15) is 13.2 Å². The van der Waals surface area contributed by atoms with Gasteiger partial charge in [0.2, 0.25) is 16.1 Å². The topological polar surface area (TPSA) is 124 Å². The van der Waals surface area contributed by atoms with Crippen molar-refractivity contribution in [3.63, 3.8) is 0 Å². The molecule has 1 N–H and O–H groups in total. The van der Waals surface area contributed by atoms with Crippen molar-refractivity contribution in [2.45, 2.75) is 37.7 Å². The molecule has 3 aromatic rings. The van der Waals surface area contributed by atoms with Crippen molar-refractivity contribution in [2.75, 3.05) is 25.0 Å². The summed E-state index contributed by atoms with van der Waals surface area (Å²) in [5.74, 6) is 0.847. The SMILES string of the molecule is CCCCN(CC)S(=O)(=O)c1ccc(C(=O)Nc2nnc([C@H]3COc4ccccc4O3)o2)cc1. The summed E-state index contributed by atoms with van der Waals surface area (Å²) in [7, 11) is -3.62. The van der Waals surface area contributed by atoms with E-state index in [1.165, 1.54) is 28.6 Å². The van der Waals surface area contributed by atoms with Gasteiger partial charge in [0.1, 0.15) is 6.61 Å². The molecule has 0 saturated heterocycles. The lowest BCUT2D eigenvalue weighted by Gasteiger charge is -2.23. The largest absolute Gasteiger partial charge is 0.485 e. The maximum Gasteiger partial charge on any atom is 0.322 e. The smallest absolute Gasteiger partial charge is 0.322 e. The Labute approximate surface area is 197 Å². The molecule has 0 aliphatic carbocycles. The Hall–Kier alpha value is -3.44. The zero-order chi connectivity index (χ0) is 24.1. The first kappa shape index (κ1) is 23.7. The first-order chi connectivity index (χ1) is 16.4. The Balaban J connectivity index is 1.41. The Morgan fingerprint density at radius 1 is 1.09 bits per heavy atom. The van der Waals surface area contributed by atoms with Crippen LogP contribution in [0.4, 0.5) is 6.01 Å². The molecule has 1 aromatic heterocycles. The summed E-state index contributed by atoms with van der Waals surface area (Å²) >= 11 is 0. The number of nitrogens with zero attached hydrogens (tertiary/aromatic N) is 3. The summed E-state index contributed by atoms with van der Waals surface area (Å²) in [6.07, 6.45) is 1.08. The molecule has 0 bridgehead atoms.